The smallest absolute Gasteiger partial charge is 0.0611 e. The van der Waals surface area contributed by atoms with Gasteiger partial charge in [-0.15, -0.1) is 13.2 Å². The average molecular weight is 872 g/mol. The maximum atomic E-state index is 8.78. The quantitative estimate of drug-likeness (QED) is 0.0921. The molecule has 0 radical (unpaired) electrons. The number of nitrogens with zero attached hydrogens (tertiary/aromatic N) is 2. The number of anilines is 1. The molecule has 0 bridgehead atoms. The van der Waals surface area contributed by atoms with E-state index in [-0.39, 0.29) is 0 Å². The van der Waals surface area contributed by atoms with Crippen LogP contribution < -0.4 is 4.90 Å². The average Bonchev–Trinajstić information content (AvgIpc) is 3.48. The third-order valence-corrected chi connectivity index (χ3v) is 12.1. The van der Waals surface area contributed by atoms with Crippen molar-refractivity contribution in [2.75, 3.05) is 4.90 Å². The Morgan fingerprint density at radius 3 is 2.27 bits per heavy atom. The van der Waals surface area contributed by atoms with E-state index in [0.29, 0.717) is 5.71 Å². The first kappa shape index (κ1) is 47.0. The fraction of sp³-hybridized carbons (Fsp3) is 0.141. The number of aromatic nitrogens is 1. The summed E-state index contributed by atoms with van der Waals surface area (Å²) in [5, 5.41) is 13.7. The zero-order valence-electron chi connectivity index (χ0n) is 39.7. The highest BCUT2D eigenvalue weighted by Gasteiger charge is 2.25. The van der Waals surface area contributed by atoms with Crippen LogP contribution in [0.3, 0.4) is 0 Å². The largest absolute Gasteiger partial charge is 0.309 e. The van der Waals surface area contributed by atoms with Gasteiger partial charge in [0.1, 0.15) is 0 Å². The van der Waals surface area contributed by atoms with Gasteiger partial charge in [0, 0.05) is 46.8 Å². The minimum Gasteiger partial charge on any atom is -0.309 e. The molecule has 2 aliphatic carbocycles. The molecule has 332 valence electrons. The van der Waals surface area contributed by atoms with Crippen molar-refractivity contribution < 1.29 is 0 Å². The highest BCUT2D eigenvalue weighted by Crippen LogP contribution is 2.42. The van der Waals surface area contributed by atoms with Gasteiger partial charge in [-0.25, -0.2) is 0 Å². The first-order chi connectivity index (χ1) is 32.9. The van der Waals surface area contributed by atoms with E-state index in [2.05, 4.69) is 214 Å². The maximum absolute atomic E-state index is 8.78. The predicted molar refractivity (Wildman–Crippen MR) is 293 cm³/mol. The summed E-state index contributed by atoms with van der Waals surface area (Å²) in [4.78, 5) is 2.31. The van der Waals surface area contributed by atoms with Crippen LogP contribution in [-0.2, 0) is 6.42 Å². The number of allylic oxidation sites excluding steroid dienone is 13. The van der Waals surface area contributed by atoms with Crippen molar-refractivity contribution in [2.45, 2.75) is 60.3 Å². The summed E-state index contributed by atoms with van der Waals surface area (Å²) in [6, 6.07) is 46.1. The van der Waals surface area contributed by atoms with Gasteiger partial charge in [-0.1, -0.05) is 159 Å². The first-order valence-electron chi connectivity index (χ1n) is 23.4. The van der Waals surface area contributed by atoms with E-state index in [0.717, 1.165) is 70.7 Å². The zero-order valence-corrected chi connectivity index (χ0v) is 39.7. The molecule has 0 atom stereocenters. The molecular weight excluding hydrogens is 811 g/mol. The molecule has 3 nitrogen and oxygen atoms in total. The Kier molecular flexibility index (Phi) is 15.7. The van der Waals surface area contributed by atoms with E-state index >= 15 is 0 Å². The Hall–Kier alpha value is -7.93. The fourth-order valence-corrected chi connectivity index (χ4v) is 9.02. The second-order valence-corrected chi connectivity index (χ2v) is 16.3. The molecule has 1 aliphatic heterocycles. The molecule has 0 saturated heterocycles. The van der Waals surface area contributed by atoms with Gasteiger partial charge in [0.15, 0.2) is 0 Å². The first-order valence-corrected chi connectivity index (χ1v) is 23.4. The van der Waals surface area contributed by atoms with Crippen LogP contribution in [0.1, 0.15) is 63.6 Å². The molecule has 2 heterocycles. The van der Waals surface area contributed by atoms with Crippen LogP contribution in [0.5, 0.6) is 0 Å². The molecule has 0 saturated carbocycles. The van der Waals surface area contributed by atoms with Gasteiger partial charge < -0.3 is 14.9 Å². The summed E-state index contributed by atoms with van der Waals surface area (Å²) in [6.45, 7) is 20.5. The Morgan fingerprint density at radius 1 is 0.761 bits per heavy atom. The van der Waals surface area contributed by atoms with Crippen LogP contribution in [-0.4, -0.2) is 10.3 Å². The van der Waals surface area contributed by atoms with Gasteiger partial charge in [-0.3, -0.25) is 0 Å². The SMILES string of the molecule is C=C.C=CC1=C(/C=C\C)Cc2cc(-c3ccc4c(c3)c3c5ccccc5ccc3n4-c3cccc(/C(C)=C/C(=N)C4=CCCC=C4)c3)ccc2N1C1=CC#CCC=C1.CC.Cc1ccccc1. The standard InChI is InChI=1S/C53H43N3.C7H8.C2H6.C2H4/c1-4-16-42-33-43-32-40(26-28-50(43)55(49(42)5-2)44-21-11-6-7-12-22-44)41-27-29-51-47(35-41)53-46-24-14-13-17-37(46)25-30-52(53)56(51)45-23-15-20-39(34-45)36(3)31-48(54)38-18-9-8-10-19-38;1-7-5-3-2-4-6-7;2*1-2/h4-5,9,11,13-32,34-35,54H,2,6,8,10,33H2,1,3H3;2-6H,1H3;1-2H3;1-2H2/b16-4-,36-31+,54-48?;;;. The molecule has 0 amide bonds. The van der Waals surface area contributed by atoms with Crippen LogP contribution in [0, 0.1) is 24.2 Å². The Balaban J connectivity index is 0.000000544. The number of aryl methyl sites for hydroxylation is 1. The van der Waals surface area contributed by atoms with Crippen LogP contribution >= 0.6 is 0 Å². The van der Waals surface area contributed by atoms with E-state index in [1.165, 1.54) is 54.9 Å². The molecule has 3 aliphatic rings. The monoisotopic (exact) mass is 871 g/mol. The Morgan fingerprint density at radius 2 is 1.52 bits per heavy atom. The lowest BCUT2D eigenvalue weighted by Crippen LogP contribution is -2.26. The lowest BCUT2D eigenvalue weighted by molar-refractivity contribution is 1.01. The molecule has 1 N–H and O–H groups in total. The third kappa shape index (κ3) is 10.2. The third-order valence-electron chi connectivity index (χ3n) is 12.1. The molecule has 67 heavy (non-hydrogen) atoms. The number of fused-ring (bicyclic) bond motifs is 6. The summed E-state index contributed by atoms with van der Waals surface area (Å²) in [5.74, 6) is 6.44. The van der Waals surface area contributed by atoms with E-state index < -0.39 is 0 Å². The molecule has 3 heteroatoms. The number of benzene rings is 6. The molecule has 10 rings (SSSR count). The van der Waals surface area contributed by atoms with Gasteiger partial charge in [0.05, 0.1) is 22.4 Å². The topological polar surface area (TPSA) is 32.0 Å². The lowest BCUT2D eigenvalue weighted by atomic mass is 9.91. The van der Waals surface area contributed by atoms with Crippen molar-refractivity contribution in [3.8, 4) is 28.7 Å². The van der Waals surface area contributed by atoms with Gasteiger partial charge in [0.2, 0.25) is 0 Å². The van der Waals surface area contributed by atoms with Crippen molar-refractivity contribution in [3.05, 3.63) is 247 Å². The lowest BCUT2D eigenvalue weighted by Gasteiger charge is -2.34. The van der Waals surface area contributed by atoms with Crippen LogP contribution in [0.4, 0.5) is 5.69 Å². The number of nitrogens with one attached hydrogen (secondary N) is 1. The van der Waals surface area contributed by atoms with Crippen molar-refractivity contribution in [2.24, 2.45) is 0 Å². The second kappa shape index (κ2) is 22.3. The zero-order chi connectivity index (χ0) is 47.3. The Labute approximate surface area is 398 Å². The van der Waals surface area contributed by atoms with Crippen molar-refractivity contribution in [1.82, 2.24) is 4.57 Å². The normalized spacial score (nSPS) is 14.0. The molecule has 0 unspecified atom stereocenters. The summed E-state index contributed by atoms with van der Waals surface area (Å²) in [7, 11) is 0. The predicted octanol–water partition coefficient (Wildman–Crippen LogP) is 17.4. The molecule has 6 aromatic carbocycles. The van der Waals surface area contributed by atoms with Gasteiger partial charge >= 0.3 is 0 Å². The second-order valence-electron chi connectivity index (χ2n) is 16.3. The van der Waals surface area contributed by atoms with E-state index in [1.807, 2.05) is 50.3 Å². The summed E-state index contributed by atoms with van der Waals surface area (Å²) < 4.78 is 2.40. The number of rotatable bonds is 8. The molecule has 0 spiro atoms. The molecule has 1 aromatic heterocycles. The van der Waals surface area contributed by atoms with Crippen molar-refractivity contribution in [1.29, 1.82) is 5.41 Å². The number of hydrogen-bond donors (Lipinski definition) is 1. The summed E-state index contributed by atoms with van der Waals surface area (Å²) >= 11 is 0. The minimum absolute atomic E-state index is 0.553. The highest BCUT2D eigenvalue weighted by atomic mass is 15.2. The minimum atomic E-state index is 0.553. The van der Waals surface area contributed by atoms with Gasteiger partial charge in [-0.2, -0.15) is 0 Å². The molecule has 7 aromatic rings. The van der Waals surface area contributed by atoms with Gasteiger partial charge in [0.25, 0.3) is 0 Å². The molecule has 0 fully saturated rings. The Bertz CT molecular complexity index is 3250. The van der Waals surface area contributed by atoms with E-state index in [4.69, 9.17) is 5.41 Å². The van der Waals surface area contributed by atoms with Crippen LogP contribution in [0.25, 0.3) is 55.0 Å². The van der Waals surface area contributed by atoms with Crippen molar-refractivity contribution in [3.63, 3.8) is 0 Å². The summed E-state index contributed by atoms with van der Waals surface area (Å²) in [6.07, 6.45) is 24.6. The summed E-state index contributed by atoms with van der Waals surface area (Å²) in [5.41, 5.74) is 16.7. The van der Waals surface area contributed by atoms with E-state index in [9.17, 15) is 0 Å². The van der Waals surface area contributed by atoms with Crippen molar-refractivity contribution >= 4 is 49.6 Å². The molecular formula is C64H61N3. The maximum Gasteiger partial charge on any atom is 0.0611 e. The van der Waals surface area contributed by atoms with Gasteiger partial charge in [-0.05, 0) is 144 Å². The van der Waals surface area contributed by atoms with Crippen LogP contribution in [0.15, 0.2) is 230 Å². The van der Waals surface area contributed by atoms with Crippen LogP contribution in [0.2, 0.25) is 0 Å². The fourth-order valence-electron chi connectivity index (χ4n) is 9.02. The van der Waals surface area contributed by atoms with E-state index in [1.54, 1.807) is 0 Å². The number of hydrogen-bond acceptors (Lipinski definition) is 2. The highest BCUT2D eigenvalue weighted by molar-refractivity contribution is 6.22.